The van der Waals surface area contributed by atoms with Crippen LogP contribution >= 0.6 is 0 Å². The Labute approximate surface area is 164 Å². The van der Waals surface area contributed by atoms with Crippen molar-refractivity contribution in [1.29, 1.82) is 0 Å². The normalized spacial score (nSPS) is 15.2. The van der Waals surface area contributed by atoms with Crippen molar-refractivity contribution in [2.75, 3.05) is 12.8 Å². The minimum atomic E-state index is -2.10. The molecule has 0 aliphatic heterocycles. The van der Waals surface area contributed by atoms with Crippen LogP contribution < -0.4 is 21.8 Å². The van der Waals surface area contributed by atoms with Crippen molar-refractivity contribution in [3.8, 4) is 0 Å². The molecule has 1 rings (SSSR count). The molecule has 0 spiro atoms. The Morgan fingerprint density at radius 2 is 1.68 bits per heavy atom. The molecule has 0 saturated carbocycles. The monoisotopic (exact) mass is 394 g/mol. The summed E-state index contributed by atoms with van der Waals surface area (Å²) in [5.74, 6) is -3.56. The molecule has 0 fully saturated rings. The lowest BCUT2D eigenvalue weighted by atomic mass is 9.80. The van der Waals surface area contributed by atoms with Crippen LogP contribution in [0.2, 0.25) is 0 Å². The predicted molar refractivity (Wildman–Crippen MR) is 104 cm³/mol. The number of aliphatic hydroxyl groups is 1. The molecule has 0 radical (unpaired) electrons. The topological polar surface area (TPSA) is 154 Å². The average molecular weight is 394 g/mol. The average Bonchev–Trinajstić information content (AvgIpc) is 2.66. The number of amides is 3. The number of rotatable bonds is 9. The van der Waals surface area contributed by atoms with Gasteiger partial charge in [0.25, 0.3) is 5.91 Å². The fraction of sp³-hybridized carbons (Fsp3) is 0.526. The highest BCUT2D eigenvalue weighted by Crippen LogP contribution is 2.27. The van der Waals surface area contributed by atoms with E-state index in [2.05, 4.69) is 10.6 Å². The van der Waals surface area contributed by atoms with Crippen molar-refractivity contribution in [1.82, 2.24) is 16.1 Å². The zero-order valence-corrected chi connectivity index (χ0v) is 16.7. The molecule has 0 saturated heterocycles. The maximum atomic E-state index is 12.9. The Bertz CT molecular complexity index is 692. The maximum absolute atomic E-state index is 12.9. The summed E-state index contributed by atoms with van der Waals surface area (Å²) in [4.78, 5) is 37.0. The molecule has 1 aromatic carbocycles. The molecule has 156 valence electrons. The first kappa shape index (κ1) is 23.4. The van der Waals surface area contributed by atoms with Crippen molar-refractivity contribution in [3.63, 3.8) is 0 Å². The van der Waals surface area contributed by atoms with Gasteiger partial charge in [0.2, 0.25) is 11.8 Å². The Morgan fingerprint density at radius 1 is 1.11 bits per heavy atom. The van der Waals surface area contributed by atoms with Crippen LogP contribution in [0, 0.1) is 11.8 Å². The number of likely N-dealkylation sites (N-methyl/N-ethyl adjacent to an activating group) is 1. The second-order valence-corrected chi connectivity index (χ2v) is 7.31. The highest BCUT2D eigenvalue weighted by Gasteiger charge is 2.46. The minimum Gasteiger partial charge on any atom is -0.399 e. The van der Waals surface area contributed by atoms with Crippen molar-refractivity contribution in [3.05, 3.63) is 29.8 Å². The summed E-state index contributed by atoms with van der Waals surface area (Å²) in [6.07, 6.45) is 0.139. The fourth-order valence-electron chi connectivity index (χ4n) is 2.96. The van der Waals surface area contributed by atoms with Crippen LogP contribution in [0.15, 0.2) is 24.3 Å². The molecule has 0 aliphatic rings. The number of nitrogens with two attached hydrogens (primary N) is 1. The van der Waals surface area contributed by atoms with Gasteiger partial charge in [-0.2, -0.15) is 0 Å². The quantitative estimate of drug-likeness (QED) is 0.196. The van der Waals surface area contributed by atoms with Gasteiger partial charge in [-0.15, -0.1) is 0 Å². The summed E-state index contributed by atoms with van der Waals surface area (Å²) in [7, 11) is 1.44. The first-order chi connectivity index (χ1) is 13.0. The second-order valence-electron chi connectivity index (χ2n) is 7.31. The van der Waals surface area contributed by atoms with Gasteiger partial charge in [-0.05, 0) is 30.0 Å². The SMILES string of the molecule is CNC(=O)C(Cc1ccc(N)cc1)NC(=O)C(O)(CC(C)C)C(C)C(=O)NO. The third kappa shape index (κ3) is 5.93. The lowest BCUT2D eigenvalue weighted by molar-refractivity contribution is -0.159. The van der Waals surface area contributed by atoms with E-state index in [1.165, 1.54) is 19.5 Å². The van der Waals surface area contributed by atoms with Gasteiger partial charge in [0.1, 0.15) is 6.04 Å². The molecule has 0 bridgehead atoms. The second kappa shape index (κ2) is 10.0. The van der Waals surface area contributed by atoms with Crippen LogP contribution in [0.1, 0.15) is 32.8 Å². The van der Waals surface area contributed by atoms with Gasteiger partial charge in [-0.1, -0.05) is 32.9 Å². The number of hydrogen-bond donors (Lipinski definition) is 6. The number of hydroxylamine groups is 1. The van der Waals surface area contributed by atoms with Crippen LogP contribution in [-0.4, -0.2) is 46.7 Å². The van der Waals surface area contributed by atoms with Crippen LogP contribution in [-0.2, 0) is 20.8 Å². The van der Waals surface area contributed by atoms with Crippen LogP contribution in [0.5, 0.6) is 0 Å². The fourth-order valence-corrected chi connectivity index (χ4v) is 2.96. The number of nitrogens with one attached hydrogen (secondary N) is 3. The van der Waals surface area contributed by atoms with E-state index in [9.17, 15) is 19.5 Å². The van der Waals surface area contributed by atoms with Gasteiger partial charge in [0.05, 0.1) is 5.92 Å². The summed E-state index contributed by atoms with van der Waals surface area (Å²) in [5, 5.41) is 24.9. The van der Waals surface area contributed by atoms with Crippen LogP contribution in [0.4, 0.5) is 5.69 Å². The standard InChI is InChI=1S/C19H30N4O5/c1-11(2)10-19(27,12(3)16(24)23-28)18(26)22-15(17(25)21-4)9-13-5-7-14(20)8-6-13/h5-8,11-12,15,27-28H,9-10,20H2,1-4H3,(H,21,25)(H,22,26)(H,23,24). The van der Waals surface area contributed by atoms with E-state index in [4.69, 9.17) is 10.9 Å². The molecular formula is C19H30N4O5. The van der Waals surface area contributed by atoms with Gasteiger partial charge in [-0.25, -0.2) is 5.48 Å². The molecule has 9 heteroatoms. The first-order valence-corrected chi connectivity index (χ1v) is 9.08. The zero-order chi connectivity index (χ0) is 21.5. The Hall–Kier alpha value is -2.65. The molecule has 1 aromatic rings. The number of anilines is 1. The minimum absolute atomic E-state index is 0.0320. The summed E-state index contributed by atoms with van der Waals surface area (Å²) in [5.41, 5.74) is 6.35. The highest BCUT2D eigenvalue weighted by molar-refractivity contribution is 5.95. The Morgan fingerprint density at radius 3 is 2.14 bits per heavy atom. The van der Waals surface area contributed by atoms with E-state index < -0.39 is 35.3 Å². The number of carbonyl (C=O) groups excluding carboxylic acids is 3. The molecule has 28 heavy (non-hydrogen) atoms. The van der Waals surface area contributed by atoms with Gasteiger partial charge in [-0.3, -0.25) is 19.6 Å². The molecule has 0 aromatic heterocycles. The lowest BCUT2D eigenvalue weighted by Gasteiger charge is -2.34. The van der Waals surface area contributed by atoms with Gasteiger partial charge < -0.3 is 21.5 Å². The summed E-state index contributed by atoms with van der Waals surface area (Å²) >= 11 is 0. The largest absolute Gasteiger partial charge is 0.399 e. The van der Waals surface area contributed by atoms with E-state index in [1.54, 1.807) is 38.1 Å². The number of nitrogen functional groups attached to an aromatic ring is 1. The molecule has 3 amide bonds. The van der Waals surface area contributed by atoms with Crippen molar-refractivity contribution in [2.45, 2.75) is 45.3 Å². The van der Waals surface area contributed by atoms with Crippen LogP contribution in [0.25, 0.3) is 0 Å². The Kier molecular flexibility index (Phi) is 8.39. The molecule has 9 nitrogen and oxygen atoms in total. The molecule has 3 unspecified atom stereocenters. The third-order valence-corrected chi connectivity index (χ3v) is 4.62. The van der Waals surface area contributed by atoms with Crippen molar-refractivity contribution < 1.29 is 24.7 Å². The van der Waals surface area contributed by atoms with E-state index >= 15 is 0 Å². The smallest absolute Gasteiger partial charge is 0.253 e. The molecule has 7 N–H and O–H groups in total. The van der Waals surface area contributed by atoms with Crippen LogP contribution in [0.3, 0.4) is 0 Å². The molecule has 3 atom stereocenters. The summed E-state index contributed by atoms with van der Waals surface area (Å²) in [6, 6.07) is 5.87. The summed E-state index contributed by atoms with van der Waals surface area (Å²) in [6.45, 7) is 4.90. The number of carbonyl (C=O) groups is 3. The van der Waals surface area contributed by atoms with E-state index in [-0.39, 0.29) is 18.8 Å². The van der Waals surface area contributed by atoms with Gasteiger partial charge in [0.15, 0.2) is 5.60 Å². The summed E-state index contributed by atoms with van der Waals surface area (Å²) < 4.78 is 0. The number of hydrogen-bond acceptors (Lipinski definition) is 6. The zero-order valence-electron chi connectivity index (χ0n) is 16.7. The molecular weight excluding hydrogens is 364 g/mol. The lowest BCUT2D eigenvalue weighted by Crippen LogP contribution is -2.60. The van der Waals surface area contributed by atoms with E-state index in [1.807, 2.05) is 0 Å². The van der Waals surface area contributed by atoms with E-state index in [0.29, 0.717) is 5.69 Å². The molecule has 0 aliphatic carbocycles. The van der Waals surface area contributed by atoms with Crippen molar-refractivity contribution in [2.24, 2.45) is 11.8 Å². The Balaban J connectivity index is 3.11. The maximum Gasteiger partial charge on any atom is 0.253 e. The van der Waals surface area contributed by atoms with Gasteiger partial charge >= 0.3 is 0 Å². The van der Waals surface area contributed by atoms with E-state index in [0.717, 1.165) is 5.56 Å². The number of benzene rings is 1. The third-order valence-electron chi connectivity index (χ3n) is 4.62. The first-order valence-electron chi connectivity index (χ1n) is 9.08. The molecule has 0 heterocycles. The van der Waals surface area contributed by atoms with Gasteiger partial charge in [0, 0.05) is 19.2 Å². The predicted octanol–water partition coefficient (Wildman–Crippen LogP) is -0.0392. The van der Waals surface area contributed by atoms with Crippen molar-refractivity contribution >= 4 is 23.4 Å². The highest BCUT2D eigenvalue weighted by atomic mass is 16.5.